The van der Waals surface area contributed by atoms with Crippen molar-refractivity contribution in [3.05, 3.63) is 10.4 Å². The van der Waals surface area contributed by atoms with Gasteiger partial charge in [0, 0.05) is 4.91 Å². The maximum atomic E-state index is 10.2. The Bertz CT molecular complexity index is 187. The molecule has 0 bridgehead atoms. The number of aliphatic hydroxyl groups is 1. The molecule has 2 atom stereocenters. The molecule has 0 radical (unpaired) electrons. The van der Waals surface area contributed by atoms with Crippen molar-refractivity contribution in [3.63, 3.8) is 0 Å². The van der Waals surface area contributed by atoms with Crippen LogP contribution in [0.4, 0.5) is 0 Å². The van der Waals surface area contributed by atoms with Crippen LogP contribution in [0.2, 0.25) is 0 Å². The van der Waals surface area contributed by atoms with Crippen LogP contribution < -0.4 is 0 Å². The summed E-state index contributed by atoms with van der Waals surface area (Å²) in [6.07, 6.45) is -1.11. The number of carboxylic acid groups (broad SMARTS) is 1. The van der Waals surface area contributed by atoms with Crippen molar-refractivity contribution < 1.29 is 15.0 Å². The Morgan fingerprint density at radius 1 is 1.82 bits per heavy atom. The predicted octanol–water partition coefficient (Wildman–Crippen LogP) is 0.378. The number of azide groups is 1. The van der Waals surface area contributed by atoms with E-state index in [0.717, 1.165) is 0 Å². The van der Waals surface area contributed by atoms with Gasteiger partial charge in [-0.15, -0.1) is 0 Å². The highest BCUT2D eigenvalue weighted by molar-refractivity contribution is 5.70. The molecule has 0 rings (SSSR count). The molecule has 0 aromatic rings. The van der Waals surface area contributed by atoms with E-state index in [1.807, 2.05) is 0 Å². The van der Waals surface area contributed by atoms with Crippen molar-refractivity contribution in [2.24, 2.45) is 11.0 Å². The first-order valence-electron chi connectivity index (χ1n) is 3.01. The molecule has 0 saturated heterocycles. The van der Waals surface area contributed by atoms with Crippen LogP contribution in [0, 0.1) is 5.92 Å². The molecule has 0 aliphatic carbocycles. The summed E-state index contributed by atoms with van der Waals surface area (Å²) in [5, 5.41) is 20.4. The van der Waals surface area contributed by atoms with E-state index in [2.05, 4.69) is 10.0 Å². The fourth-order valence-corrected chi connectivity index (χ4v) is 0.443. The van der Waals surface area contributed by atoms with E-state index >= 15 is 0 Å². The number of aliphatic hydroxyl groups excluding tert-OH is 1. The summed E-state index contributed by atoms with van der Waals surface area (Å²) in [4.78, 5) is 12.6. The predicted molar refractivity (Wildman–Crippen MR) is 36.8 cm³/mol. The van der Waals surface area contributed by atoms with E-state index in [9.17, 15) is 4.79 Å². The molecule has 6 nitrogen and oxygen atoms in total. The summed E-state index contributed by atoms with van der Waals surface area (Å²) >= 11 is 0. The second-order valence-electron chi connectivity index (χ2n) is 2.11. The zero-order valence-electron chi connectivity index (χ0n) is 6.01. The maximum absolute atomic E-state index is 10.2. The summed E-state index contributed by atoms with van der Waals surface area (Å²) in [5.41, 5.74) is 7.84. The lowest BCUT2D eigenvalue weighted by atomic mass is 10.1. The summed E-state index contributed by atoms with van der Waals surface area (Å²) in [5.74, 6) is -2.01. The maximum Gasteiger partial charge on any atom is 0.308 e. The number of carbonyl (C=O) groups is 1. The zero-order chi connectivity index (χ0) is 8.85. The molecule has 2 unspecified atom stereocenters. The van der Waals surface area contributed by atoms with E-state index in [0.29, 0.717) is 0 Å². The first-order valence-corrected chi connectivity index (χ1v) is 3.01. The average Bonchev–Trinajstić information content (AvgIpc) is 1.98. The normalized spacial score (nSPS) is 14.7. The van der Waals surface area contributed by atoms with Gasteiger partial charge >= 0.3 is 5.97 Å². The Hall–Kier alpha value is -1.26. The highest BCUT2D eigenvalue weighted by Gasteiger charge is 2.19. The van der Waals surface area contributed by atoms with Crippen molar-refractivity contribution in [3.8, 4) is 0 Å². The molecule has 0 spiro atoms. The molecule has 0 aromatic carbocycles. The van der Waals surface area contributed by atoms with Crippen molar-refractivity contribution >= 4 is 5.97 Å². The molecule has 0 saturated carbocycles. The third kappa shape index (κ3) is 3.44. The van der Waals surface area contributed by atoms with Crippen LogP contribution >= 0.6 is 0 Å². The highest BCUT2D eigenvalue weighted by Crippen LogP contribution is 2.02. The number of hydrogen-bond acceptors (Lipinski definition) is 3. The van der Waals surface area contributed by atoms with E-state index in [1.165, 1.54) is 6.92 Å². The molecular weight excluding hydrogens is 150 g/mol. The lowest BCUT2D eigenvalue weighted by Gasteiger charge is -2.10. The van der Waals surface area contributed by atoms with Gasteiger partial charge in [0.2, 0.25) is 0 Å². The first kappa shape index (κ1) is 9.74. The molecule has 2 N–H and O–H groups in total. The van der Waals surface area contributed by atoms with Crippen molar-refractivity contribution in [1.82, 2.24) is 0 Å². The summed E-state index contributed by atoms with van der Waals surface area (Å²) in [6, 6.07) is 0. The minimum atomic E-state index is -1.11. The number of aliphatic carboxylic acids is 1. The monoisotopic (exact) mass is 159 g/mol. The Morgan fingerprint density at radius 2 is 2.36 bits per heavy atom. The van der Waals surface area contributed by atoms with Crippen LogP contribution in [0.25, 0.3) is 10.4 Å². The van der Waals surface area contributed by atoms with Crippen molar-refractivity contribution in [2.75, 3.05) is 6.54 Å². The van der Waals surface area contributed by atoms with Gasteiger partial charge in [-0.3, -0.25) is 4.79 Å². The summed E-state index contributed by atoms with van der Waals surface area (Å²) in [6.45, 7) is 1.14. The van der Waals surface area contributed by atoms with Gasteiger partial charge in [0.25, 0.3) is 0 Å². The Morgan fingerprint density at radius 3 is 2.73 bits per heavy atom. The van der Waals surface area contributed by atoms with Crippen LogP contribution in [-0.4, -0.2) is 28.8 Å². The zero-order valence-corrected chi connectivity index (χ0v) is 6.01. The summed E-state index contributed by atoms with van der Waals surface area (Å²) < 4.78 is 0. The van der Waals surface area contributed by atoms with E-state index in [-0.39, 0.29) is 6.54 Å². The molecule has 0 aliphatic heterocycles. The van der Waals surface area contributed by atoms with Crippen LogP contribution in [-0.2, 0) is 4.79 Å². The minimum Gasteiger partial charge on any atom is -0.481 e. The Labute approximate surface area is 63.1 Å². The molecule has 6 heteroatoms. The quantitative estimate of drug-likeness (QED) is 0.351. The Kier molecular flexibility index (Phi) is 4.02. The van der Waals surface area contributed by atoms with Crippen LogP contribution in [0.3, 0.4) is 0 Å². The number of carboxylic acids is 1. The van der Waals surface area contributed by atoms with Crippen molar-refractivity contribution in [2.45, 2.75) is 13.0 Å². The van der Waals surface area contributed by atoms with Crippen LogP contribution in [0.5, 0.6) is 0 Å². The number of nitrogens with zero attached hydrogens (tertiary/aromatic N) is 3. The molecule has 62 valence electrons. The van der Waals surface area contributed by atoms with E-state index in [1.54, 1.807) is 0 Å². The van der Waals surface area contributed by atoms with Gasteiger partial charge in [-0.05, 0) is 12.5 Å². The van der Waals surface area contributed by atoms with E-state index < -0.39 is 18.0 Å². The third-order valence-corrected chi connectivity index (χ3v) is 1.30. The van der Waals surface area contributed by atoms with Gasteiger partial charge in [-0.1, -0.05) is 5.11 Å². The molecule has 11 heavy (non-hydrogen) atoms. The molecule has 0 aliphatic rings. The topological polar surface area (TPSA) is 106 Å². The standard InChI is InChI=1S/C5H9N3O3/c1-3(5(10)11)4(9)2-7-8-6/h3-4,9H,2H2,1H3,(H,10,11). The smallest absolute Gasteiger partial charge is 0.308 e. The Balaban J connectivity index is 3.91. The average molecular weight is 159 g/mol. The van der Waals surface area contributed by atoms with Gasteiger partial charge < -0.3 is 10.2 Å². The largest absolute Gasteiger partial charge is 0.481 e. The SMILES string of the molecule is CC(C(=O)O)C(O)CN=[N+]=[N-]. The highest BCUT2D eigenvalue weighted by atomic mass is 16.4. The molecule has 0 heterocycles. The lowest BCUT2D eigenvalue weighted by Crippen LogP contribution is -2.27. The fraction of sp³-hybridized carbons (Fsp3) is 0.800. The molecule has 0 fully saturated rings. The first-order chi connectivity index (χ1) is 5.09. The number of rotatable bonds is 4. The molecule has 0 aromatic heterocycles. The minimum absolute atomic E-state index is 0.204. The van der Waals surface area contributed by atoms with Gasteiger partial charge in [-0.2, -0.15) is 0 Å². The fourth-order valence-electron chi connectivity index (χ4n) is 0.443. The van der Waals surface area contributed by atoms with Crippen LogP contribution in [0.15, 0.2) is 5.11 Å². The van der Waals surface area contributed by atoms with Crippen molar-refractivity contribution in [1.29, 1.82) is 0 Å². The molecule has 0 amide bonds. The second kappa shape index (κ2) is 4.54. The molecular formula is C5H9N3O3. The third-order valence-electron chi connectivity index (χ3n) is 1.30. The van der Waals surface area contributed by atoms with Gasteiger partial charge in [0.05, 0.1) is 18.6 Å². The summed E-state index contributed by atoms with van der Waals surface area (Å²) in [7, 11) is 0. The van der Waals surface area contributed by atoms with Gasteiger partial charge in [0.1, 0.15) is 0 Å². The van der Waals surface area contributed by atoms with Gasteiger partial charge in [-0.25, -0.2) is 0 Å². The van der Waals surface area contributed by atoms with Crippen LogP contribution in [0.1, 0.15) is 6.92 Å². The lowest BCUT2D eigenvalue weighted by molar-refractivity contribution is -0.144. The van der Waals surface area contributed by atoms with E-state index in [4.69, 9.17) is 15.7 Å². The second-order valence-corrected chi connectivity index (χ2v) is 2.11. The number of hydrogen-bond donors (Lipinski definition) is 2. The van der Waals surface area contributed by atoms with Gasteiger partial charge in [0.15, 0.2) is 0 Å².